The van der Waals surface area contributed by atoms with E-state index in [4.69, 9.17) is 5.11 Å². The second kappa shape index (κ2) is 3.64. The number of rotatable bonds is 2. The van der Waals surface area contributed by atoms with Gasteiger partial charge in [0.25, 0.3) is 0 Å². The zero-order valence-electron chi connectivity index (χ0n) is 6.84. The predicted octanol–water partition coefficient (Wildman–Crippen LogP) is 1.70. The number of nitrogens with zero attached hydrogens (tertiary/aromatic N) is 2. The highest BCUT2D eigenvalue weighted by Crippen LogP contribution is 2.22. The van der Waals surface area contributed by atoms with Crippen LogP contribution in [0.2, 0.25) is 0 Å². The van der Waals surface area contributed by atoms with E-state index in [0.29, 0.717) is 5.01 Å². The lowest BCUT2D eigenvalue weighted by Crippen LogP contribution is -1.78. The van der Waals surface area contributed by atoms with Gasteiger partial charge in [-0.2, -0.15) is 0 Å². The van der Waals surface area contributed by atoms with Gasteiger partial charge < -0.3 is 5.11 Å². The molecular formula is C9H8N2OS. The summed E-state index contributed by atoms with van der Waals surface area (Å²) in [5.41, 5.74) is 1.04. The smallest absolute Gasteiger partial charge is 0.147 e. The molecule has 1 aromatic heterocycles. The number of benzene rings is 1. The van der Waals surface area contributed by atoms with Crippen molar-refractivity contribution in [1.29, 1.82) is 0 Å². The first-order valence-electron chi connectivity index (χ1n) is 3.89. The SMILES string of the molecule is OCc1nnc(-c2ccccc2)s1. The molecule has 0 aliphatic rings. The van der Waals surface area contributed by atoms with Crippen LogP contribution in [-0.4, -0.2) is 15.3 Å². The summed E-state index contributed by atoms with van der Waals surface area (Å²) in [7, 11) is 0. The van der Waals surface area contributed by atoms with Crippen LogP contribution in [0.25, 0.3) is 10.6 Å². The minimum atomic E-state index is -0.0372. The first-order chi connectivity index (χ1) is 6.40. The standard InChI is InChI=1S/C9H8N2OS/c12-6-8-10-11-9(13-8)7-4-2-1-3-5-7/h1-5,12H,6H2. The fourth-order valence-electron chi connectivity index (χ4n) is 1.01. The third-order valence-corrected chi connectivity index (χ3v) is 2.58. The van der Waals surface area contributed by atoms with E-state index in [2.05, 4.69) is 10.2 Å². The molecule has 1 heterocycles. The number of hydrogen-bond donors (Lipinski definition) is 1. The molecule has 4 heteroatoms. The number of hydrogen-bond acceptors (Lipinski definition) is 4. The minimum absolute atomic E-state index is 0.0372. The van der Waals surface area contributed by atoms with Crippen LogP contribution in [0.5, 0.6) is 0 Å². The van der Waals surface area contributed by atoms with Gasteiger partial charge in [-0.1, -0.05) is 41.7 Å². The number of aliphatic hydroxyl groups excluding tert-OH is 1. The minimum Gasteiger partial charge on any atom is -0.389 e. The van der Waals surface area contributed by atoms with E-state index in [1.54, 1.807) is 0 Å². The molecule has 1 N–H and O–H groups in total. The Balaban J connectivity index is 2.36. The molecule has 0 fully saturated rings. The Hall–Kier alpha value is -1.26. The fourth-order valence-corrected chi connectivity index (χ4v) is 1.72. The Kier molecular flexibility index (Phi) is 2.33. The molecule has 0 saturated heterocycles. The van der Waals surface area contributed by atoms with Gasteiger partial charge in [-0.15, -0.1) is 10.2 Å². The Morgan fingerprint density at radius 3 is 2.54 bits per heavy atom. The highest BCUT2D eigenvalue weighted by Gasteiger charge is 2.03. The maximum absolute atomic E-state index is 8.81. The first-order valence-corrected chi connectivity index (χ1v) is 4.70. The molecule has 0 unspecified atom stereocenters. The van der Waals surface area contributed by atoms with Crippen LogP contribution in [0, 0.1) is 0 Å². The molecule has 66 valence electrons. The normalized spacial score (nSPS) is 10.2. The summed E-state index contributed by atoms with van der Waals surface area (Å²) in [5, 5.41) is 18.1. The average molecular weight is 192 g/mol. The van der Waals surface area contributed by atoms with Crippen LogP contribution in [-0.2, 0) is 6.61 Å². The summed E-state index contributed by atoms with van der Waals surface area (Å²) in [6.07, 6.45) is 0. The van der Waals surface area contributed by atoms with E-state index in [1.165, 1.54) is 11.3 Å². The Morgan fingerprint density at radius 2 is 1.92 bits per heavy atom. The molecule has 0 saturated carbocycles. The predicted molar refractivity (Wildman–Crippen MR) is 51.3 cm³/mol. The van der Waals surface area contributed by atoms with Crippen molar-refractivity contribution in [2.75, 3.05) is 0 Å². The van der Waals surface area contributed by atoms with E-state index in [-0.39, 0.29) is 6.61 Å². The zero-order chi connectivity index (χ0) is 9.10. The van der Waals surface area contributed by atoms with Crippen LogP contribution in [0.15, 0.2) is 30.3 Å². The van der Waals surface area contributed by atoms with Gasteiger partial charge >= 0.3 is 0 Å². The summed E-state index contributed by atoms with van der Waals surface area (Å²) in [6.45, 7) is -0.0372. The molecule has 0 spiro atoms. The topological polar surface area (TPSA) is 46.0 Å². The van der Waals surface area contributed by atoms with Gasteiger partial charge in [0.15, 0.2) is 0 Å². The van der Waals surface area contributed by atoms with E-state index in [1.807, 2.05) is 30.3 Å². The molecule has 2 rings (SSSR count). The van der Waals surface area contributed by atoms with Crippen molar-refractivity contribution >= 4 is 11.3 Å². The maximum Gasteiger partial charge on any atom is 0.147 e. The zero-order valence-corrected chi connectivity index (χ0v) is 7.66. The van der Waals surface area contributed by atoms with Crippen LogP contribution in [0.1, 0.15) is 5.01 Å². The first kappa shape index (κ1) is 8.34. The quantitative estimate of drug-likeness (QED) is 0.787. The second-order valence-corrected chi connectivity index (χ2v) is 3.59. The van der Waals surface area contributed by atoms with Crippen molar-refractivity contribution in [3.05, 3.63) is 35.3 Å². The highest BCUT2D eigenvalue weighted by molar-refractivity contribution is 7.14. The van der Waals surface area contributed by atoms with Crippen LogP contribution < -0.4 is 0 Å². The van der Waals surface area contributed by atoms with Gasteiger partial charge in [0.2, 0.25) is 0 Å². The lowest BCUT2D eigenvalue weighted by atomic mass is 10.2. The molecule has 0 aliphatic carbocycles. The summed E-state index contributed by atoms with van der Waals surface area (Å²) >= 11 is 1.41. The van der Waals surface area contributed by atoms with E-state index in [0.717, 1.165) is 10.6 Å². The molecule has 0 radical (unpaired) electrons. The molecule has 1 aromatic carbocycles. The lowest BCUT2D eigenvalue weighted by molar-refractivity contribution is 0.280. The van der Waals surface area contributed by atoms with Gasteiger partial charge in [0.05, 0.1) is 6.61 Å². The van der Waals surface area contributed by atoms with Crippen molar-refractivity contribution in [3.63, 3.8) is 0 Å². The van der Waals surface area contributed by atoms with Crippen molar-refractivity contribution in [3.8, 4) is 10.6 Å². The third kappa shape index (κ3) is 1.74. The van der Waals surface area contributed by atoms with Crippen molar-refractivity contribution in [2.45, 2.75) is 6.61 Å². The molecule has 0 aliphatic heterocycles. The number of aliphatic hydroxyl groups is 1. The second-order valence-electron chi connectivity index (χ2n) is 2.53. The monoisotopic (exact) mass is 192 g/mol. The summed E-state index contributed by atoms with van der Waals surface area (Å²) in [5.74, 6) is 0. The molecular weight excluding hydrogens is 184 g/mol. The van der Waals surface area contributed by atoms with Crippen LogP contribution >= 0.6 is 11.3 Å². The average Bonchev–Trinajstić information content (AvgIpc) is 2.67. The van der Waals surface area contributed by atoms with E-state index >= 15 is 0 Å². The fraction of sp³-hybridized carbons (Fsp3) is 0.111. The largest absolute Gasteiger partial charge is 0.389 e. The van der Waals surface area contributed by atoms with Gasteiger partial charge in [-0.25, -0.2) is 0 Å². The molecule has 0 bridgehead atoms. The lowest BCUT2D eigenvalue weighted by Gasteiger charge is -1.91. The number of aromatic nitrogens is 2. The van der Waals surface area contributed by atoms with Crippen molar-refractivity contribution in [2.24, 2.45) is 0 Å². The molecule has 2 aromatic rings. The van der Waals surface area contributed by atoms with Crippen molar-refractivity contribution in [1.82, 2.24) is 10.2 Å². The summed E-state index contributed by atoms with van der Waals surface area (Å²) < 4.78 is 0. The highest BCUT2D eigenvalue weighted by atomic mass is 32.1. The van der Waals surface area contributed by atoms with E-state index in [9.17, 15) is 0 Å². The maximum atomic E-state index is 8.81. The van der Waals surface area contributed by atoms with Gasteiger partial charge in [-0.3, -0.25) is 0 Å². The Bertz CT molecular complexity index is 386. The molecule has 13 heavy (non-hydrogen) atoms. The van der Waals surface area contributed by atoms with E-state index < -0.39 is 0 Å². The Morgan fingerprint density at radius 1 is 1.15 bits per heavy atom. The van der Waals surface area contributed by atoms with Gasteiger partial charge in [0, 0.05) is 5.56 Å². The van der Waals surface area contributed by atoms with Crippen LogP contribution in [0.4, 0.5) is 0 Å². The Labute approximate surface area is 79.7 Å². The third-order valence-electron chi connectivity index (χ3n) is 1.62. The molecule has 0 amide bonds. The van der Waals surface area contributed by atoms with Gasteiger partial charge in [-0.05, 0) is 0 Å². The summed E-state index contributed by atoms with van der Waals surface area (Å²) in [4.78, 5) is 0. The van der Waals surface area contributed by atoms with Gasteiger partial charge in [0.1, 0.15) is 10.0 Å². The summed E-state index contributed by atoms with van der Waals surface area (Å²) in [6, 6.07) is 9.81. The molecule has 3 nitrogen and oxygen atoms in total. The van der Waals surface area contributed by atoms with Crippen molar-refractivity contribution < 1.29 is 5.11 Å². The molecule has 0 atom stereocenters. The van der Waals surface area contributed by atoms with Crippen LogP contribution in [0.3, 0.4) is 0 Å².